The first kappa shape index (κ1) is 8.95. The van der Waals surface area contributed by atoms with Gasteiger partial charge in [-0.15, -0.1) is 11.3 Å². The zero-order valence-corrected chi connectivity index (χ0v) is 8.91. The van der Waals surface area contributed by atoms with E-state index in [1.807, 2.05) is 0 Å². The van der Waals surface area contributed by atoms with E-state index in [9.17, 15) is 4.79 Å². The first-order valence-electron chi connectivity index (χ1n) is 4.84. The van der Waals surface area contributed by atoms with E-state index in [0.29, 0.717) is 11.7 Å². The van der Waals surface area contributed by atoms with Crippen LogP contribution in [-0.2, 0) is 6.42 Å². The summed E-state index contributed by atoms with van der Waals surface area (Å²) in [7, 11) is 0. The Bertz CT molecular complexity index is 336. The third-order valence-corrected chi connectivity index (χ3v) is 4.02. The molecule has 0 aromatic carbocycles. The second kappa shape index (κ2) is 3.26. The first-order chi connectivity index (χ1) is 6.18. The number of thiophene rings is 1. The molecule has 13 heavy (non-hydrogen) atoms. The van der Waals surface area contributed by atoms with E-state index in [1.165, 1.54) is 10.4 Å². The zero-order chi connectivity index (χ0) is 9.42. The number of hydrogen-bond donors (Lipinski definition) is 0. The molecular formula is C11H14OS. The van der Waals surface area contributed by atoms with Crippen LogP contribution >= 0.6 is 11.3 Å². The quantitative estimate of drug-likeness (QED) is 0.669. The molecule has 0 saturated heterocycles. The monoisotopic (exact) mass is 194 g/mol. The maximum Gasteiger partial charge on any atom is 0.173 e. The van der Waals surface area contributed by atoms with Gasteiger partial charge in [-0.2, -0.15) is 0 Å². The van der Waals surface area contributed by atoms with Crippen LogP contribution in [0.2, 0.25) is 0 Å². The standard InChI is InChI=1S/C11H14OS/c1-7(2)10-6-8-4-3-5-9(12)11(8)13-10/h6-7H,3-5H2,1-2H3. The van der Waals surface area contributed by atoms with Gasteiger partial charge in [0.25, 0.3) is 0 Å². The van der Waals surface area contributed by atoms with Crippen LogP contribution in [0.25, 0.3) is 0 Å². The summed E-state index contributed by atoms with van der Waals surface area (Å²) >= 11 is 1.70. The Balaban J connectivity index is 2.42. The molecule has 1 aliphatic carbocycles. The third kappa shape index (κ3) is 1.55. The molecule has 2 rings (SSSR count). The number of rotatable bonds is 1. The molecule has 0 amide bonds. The molecule has 1 aromatic heterocycles. The van der Waals surface area contributed by atoms with E-state index in [0.717, 1.165) is 24.1 Å². The van der Waals surface area contributed by atoms with Crippen LogP contribution in [0.5, 0.6) is 0 Å². The number of hydrogen-bond acceptors (Lipinski definition) is 2. The fraction of sp³-hybridized carbons (Fsp3) is 0.545. The topological polar surface area (TPSA) is 17.1 Å². The molecule has 0 saturated carbocycles. The minimum absolute atomic E-state index is 0.359. The summed E-state index contributed by atoms with van der Waals surface area (Å²) in [5, 5.41) is 0. The number of carbonyl (C=O) groups excluding carboxylic acids is 1. The summed E-state index contributed by atoms with van der Waals surface area (Å²) in [5.74, 6) is 0.918. The fourth-order valence-corrected chi connectivity index (χ4v) is 2.89. The van der Waals surface area contributed by atoms with Gasteiger partial charge in [0.1, 0.15) is 0 Å². The van der Waals surface area contributed by atoms with E-state index >= 15 is 0 Å². The van der Waals surface area contributed by atoms with Crippen LogP contribution < -0.4 is 0 Å². The van der Waals surface area contributed by atoms with Crippen molar-refractivity contribution in [3.8, 4) is 0 Å². The van der Waals surface area contributed by atoms with E-state index in [1.54, 1.807) is 11.3 Å². The Morgan fingerprint density at radius 1 is 1.38 bits per heavy atom. The number of Topliss-reactive ketones (excluding diaryl/α,β-unsaturated/α-hetero) is 1. The molecule has 0 unspecified atom stereocenters. The first-order valence-corrected chi connectivity index (χ1v) is 5.66. The molecule has 1 nitrogen and oxygen atoms in total. The molecule has 1 aliphatic rings. The summed E-state index contributed by atoms with van der Waals surface area (Å²) in [6.07, 6.45) is 2.90. The van der Waals surface area contributed by atoms with Crippen LogP contribution in [0.1, 0.15) is 52.7 Å². The van der Waals surface area contributed by atoms with Crippen molar-refractivity contribution in [1.29, 1.82) is 0 Å². The lowest BCUT2D eigenvalue weighted by Crippen LogP contribution is -2.06. The Labute approximate surface area is 82.8 Å². The maximum atomic E-state index is 11.5. The summed E-state index contributed by atoms with van der Waals surface area (Å²) < 4.78 is 0. The van der Waals surface area contributed by atoms with Crippen molar-refractivity contribution < 1.29 is 4.79 Å². The third-order valence-electron chi connectivity index (χ3n) is 2.50. The van der Waals surface area contributed by atoms with Gasteiger partial charge in [-0.1, -0.05) is 13.8 Å². The Hall–Kier alpha value is -0.630. The second-order valence-corrected chi connectivity index (χ2v) is 5.02. The minimum Gasteiger partial charge on any atom is -0.293 e. The lowest BCUT2D eigenvalue weighted by Gasteiger charge is -2.07. The normalized spacial score (nSPS) is 16.4. The summed E-state index contributed by atoms with van der Waals surface area (Å²) in [5.41, 5.74) is 1.30. The molecule has 0 aliphatic heterocycles. The van der Waals surface area contributed by atoms with Crippen LogP contribution in [0.3, 0.4) is 0 Å². The van der Waals surface area contributed by atoms with Gasteiger partial charge in [-0.3, -0.25) is 4.79 Å². The van der Waals surface area contributed by atoms with Crippen LogP contribution in [0, 0.1) is 0 Å². The van der Waals surface area contributed by atoms with Crippen molar-refractivity contribution in [3.05, 3.63) is 21.4 Å². The van der Waals surface area contributed by atoms with Gasteiger partial charge in [0.05, 0.1) is 4.88 Å². The number of ketones is 1. The largest absolute Gasteiger partial charge is 0.293 e. The van der Waals surface area contributed by atoms with Crippen molar-refractivity contribution in [1.82, 2.24) is 0 Å². The Kier molecular flexibility index (Phi) is 2.24. The SMILES string of the molecule is CC(C)c1cc2c(s1)C(=O)CCC2. The van der Waals surface area contributed by atoms with Crippen LogP contribution in [0.4, 0.5) is 0 Å². The second-order valence-electron chi connectivity index (χ2n) is 3.93. The van der Waals surface area contributed by atoms with Gasteiger partial charge in [-0.05, 0) is 30.4 Å². The average Bonchev–Trinajstić information content (AvgIpc) is 2.49. The summed E-state index contributed by atoms with van der Waals surface area (Å²) in [6.45, 7) is 4.36. The molecule has 2 heteroatoms. The van der Waals surface area contributed by atoms with E-state index in [2.05, 4.69) is 19.9 Å². The van der Waals surface area contributed by atoms with Gasteiger partial charge in [0.15, 0.2) is 5.78 Å². The van der Waals surface area contributed by atoms with Gasteiger partial charge in [0.2, 0.25) is 0 Å². The van der Waals surface area contributed by atoms with Gasteiger partial charge < -0.3 is 0 Å². The lowest BCUT2D eigenvalue weighted by molar-refractivity contribution is 0.0977. The predicted octanol–water partition coefficient (Wildman–Crippen LogP) is 3.39. The van der Waals surface area contributed by atoms with Crippen LogP contribution in [-0.4, -0.2) is 5.78 Å². The van der Waals surface area contributed by atoms with Crippen molar-refractivity contribution >= 4 is 17.1 Å². The maximum absolute atomic E-state index is 11.5. The highest BCUT2D eigenvalue weighted by atomic mass is 32.1. The average molecular weight is 194 g/mol. The highest BCUT2D eigenvalue weighted by molar-refractivity contribution is 7.14. The molecule has 0 atom stereocenters. The molecule has 1 aromatic rings. The molecule has 0 spiro atoms. The minimum atomic E-state index is 0.359. The van der Waals surface area contributed by atoms with E-state index in [-0.39, 0.29) is 0 Å². The summed E-state index contributed by atoms with van der Waals surface area (Å²) in [4.78, 5) is 13.9. The van der Waals surface area contributed by atoms with Crippen molar-refractivity contribution in [2.45, 2.75) is 39.0 Å². The van der Waals surface area contributed by atoms with E-state index < -0.39 is 0 Å². The van der Waals surface area contributed by atoms with Gasteiger partial charge >= 0.3 is 0 Å². The fourth-order valence-electron chi connectivity index (χ4n) is 1.71. The summed E-state index contributed by atoms with van der Waals surface area (Å²) in [6, 6.07) is 2.22. The molecule has 0 fully saturated rings. The van der Waals surface area contributed by atoms with Crippen LogP contribution in [0.15, 0.2) is 6.07 Å². The number of fused-ring (bicyclic) bond motifs is 1. The van der Waals surface area contributed by atoms with Gasteiger partial charge in [0, 0.05) is 11.3 Å². The molecule has 70 valence electrons. The molecular weight excluding hydrogens is 180 g/mol. The Morgan fingerprint density at radius 3 is 2.77 bits per heavy atom. The lowest BCUT2D eigenvalue weighted by atomic mass is 9.97. The van der Waals surface area contributed by atoms with E-state index in [4.69, 9.17) is 0 Å². The van der Waals surface area contributed by atoms with Crippen molar-refractivity contribution in [2.24, 2.45) is 0 Å². The highest BCUT2D eigenvalue weighted by Crippen LogP contribution is 2.33. The number of carbonyl (C=O) groups is 1. The number of aryl methyl sites for hydroxylation is 1. The predicted molar refractivity (Wildman–Crippen MR) is 55.7 cm³/mol. The molecule has 0 bridgehead atoms. The van der Waals surface area contributed by atoms with Crippen molar-refractivity contribution in [3.63, 3.8) is 0 Å². The highest BCUT2D eigenvalue weighted by Gasteiger charge is 2.20. The Morgan fingerprint density at radius 2 is 2.15 bits per heavy atom. The molecule has 0 radical (unpaired) electrons. The zero-order valence-electron chi connectivity index (χ0n) is 8.09. The van der Waals surface area contributed by atoms with Gasteiger partial charge in [-0.25, -0.2) is 0 Å². The molecule has 0 N–H and O–H groups in total. The molecule has 1 heterocycles. The smallest absolute Gasteiger partial charge is 0.173 e. The van der Waals surface area contributed by atoms with Crippen molar-refractivity contribution in [2.75, 3.05) is 0 Å².